The van der Waals surface area contributed by atoms with Gasteiger partial charge in [0.15, 0.2) is 0 Å². The van der Waals surface area contributed by atoms with Gasteiger partial charge in [0, 0.05) is 5.41 Å². The molecule has 0 bridgehead atoms. The number of hydrogen-bond acceptors (Lipinski definition) is 0. The predicted molar refractivity (Wildman–Crippen MR) is 104 cm³/mol. The number of halogens is 2. The lowest BCUT2D eigenvalue weighted by atomic mass is 9.62. The molecule has 2 aromatic rings. The van der Waals surface area contributed by atoms with Crippen LogP contribution in [0, 0.1) is 11.8 Å². The molecule has 2 aliphatic rings. The number of benzene rings is 2. The third-order valence-electron chi connectivity index (χ3n) is 6.07. The average molecular weight is 357 g/mol. The van der Waals surface area contributed by atoms with Crippen LogP contribution >= 0.6 is 23.2 Å². The molecule has 2 aromatic carbocycles. The summed E-state index contributed by atoms with van der Waals surface area (Å²) >= 11 is 12.7. The molecule has 3 atom stereocenters. The van der Waals surface area contributed by atoms with Gasteiger partial charge >= 0.3 is 0 Å². The second kappa shape index (κ2) is 5.64. The molecule has 3 unspecified atom stereocenters. The molecule has 24 heavy (non-hydrogen) atoms. The number of allylic oxidation sites excluding steroid dienone is 1. The predicted octanol–water partition coefficient (Wildman–Crippen LogP) is 7.27. The van der Waals surface area contributed by atoms with Crippen molar-refractivity contribution >= 4 is 23.2 Å². The Bertz CT molecular complexity index is 836. The summed E-state index contributed by atoms with van der Waals surface area (Å²) in [5, 5.41) is 1.29. The van der Waals surface area contributed by atoms with Gasteiger partial charge in [-0.15, -0.1) is 0 Å². The van der Waals surface area contributed by atoms with E-state index in [1.807, 2.05) is 6.07 Å². The minimum absolute atomic E-state index is 0.0300. The van der Waals surface area contributed by atoms with Gasteiger partial charge in [0.05, 0.1) is 10.0 Å². The topological polar surface area (TPSA) is 0 Å². The highest BCUT2D eigenvalue weighted by atomic mass is 35.5. The molecule has 0 aromatic heterocycles. The first-order chi connectivity index (χ1) is 11.4. The Labute approximate surface area is 154 Å². The van der Waals surface area contributed by atoms with Crippen LogP contribution in [0.1, 0.15) is 44.2 Å². The van der Waals surface area contributed by atoms with E-state index in [2.05, 4.69) is 50.8 Å². The lowest BCUT2D eigenvalue weighted by Crippen LogP contribution is -2.35. The summed E-state index contributed by atoms with van der Waals surface area (Å²) in [7, 11) is 0. The van der Waals surface area contributed by atoms with Gasteiger partial charge in [-0.05, 0) is 65.5 Å². The Balaban J connectivity index is 1.95. The van der Waals surface area contributed by atoms with Crippen molar-refractivity contribution in [2.45, 2.75) is 38.5 Å². The molecule has 0 spiro atoms. The van der Waals surface area contributed by atoms with Crippen LogP contribution in [-0.2, 0) is 5.41 Å². The molecule has 0 N–H and O–H groups in total. The number of rotatable bonds is 1. The van der Waals surface area contributed by atoms with Crippen LogP contribution in [-0.4, -0.2) is 0 Å². The summed E-state index contributed by atoms with van der Waals surface area (Å²) in [6, 6.07) is 12.9. The maximum absolute atomic E-state index is 6.41. The number of fused-ring (bicyclic) bond motifs is 3. The van der Waals surface area contributed by atoms with Gasteiger partial charge in [0.1, 0.15) is 0 Å². The molecule has 0 radical (unpaired) electrons. The van der Waals surface area contributed by atoms with Crippen LogP contribution < -0.4 is 0 Å². The Morgan fingerprint density at radius 2 is 1.71 bits per heavy atom. The SMILES string of the molecule is C=C1CC(C)CC(C2(C)c3ccccc3-c3cc(Cl)c(Cl)cc32)C1. The Kier molecular flexibility index (Phi) is 3.82. The molecule has 2 heteroatoms. The van der Waals surface area contributed by atoms with Crippen molar-refractivity contribution in [3.05, 3.63) is 69.7 Å². The second-order valence-corrected chi connectivity index (χ2v) is 8.57. The molecule has 0 saturated heterocycles. The zero-order valence-corrected chi connectivity index (χ0v) is 15.7. The lowest BCUT2D eigenvalue weighted by Gasteiger charge is -2.41. The summed E-state index contributed by atoms with van der Waals surface area (Å²) in [6.07, 6.45) is 3.47. The van der Waals surface area contributed by atoms with Gasteiger partial charge in [-0.2, -0.15) is 0 Å². The highest BCUT2D eigenvalue weighted by Gasteiger charge is 2.46. The summed E-state index contributed by atoms with van der Waals surface area (Å²) in [4.78, 5) is 0. The van der Waals surface area contributed by atoms with Crippen LogP contribution in [0.2, 0.25) is 10.0 Å². The van der Waals surface area contributed by atoms with Crippen LogP contribution in [0.15, 0.2) is 48.6 Å². The lowest BCUT2D eigenvalue weighted by molar-refractivity contribution is 0.249. The van der Waals surface area contributed by atoms with Gasteiger partial charge in [-0.1, -0.05) is 73.5 Å². The van der Waals surface area contributed by atoms with Crippen LogP contribution in [0.5, 0.6) is 0 Å². The first-order valence-electron chi connectivity index (χ1n) is 8.67. The Hall–Kier alpha value is -1.24. The van der Waals surface area contributed by atoms with Crippen molar-refractivity contribution in [3.8, 4) is 11.1 Å². The van der Waals surface area contributed by atoms with Crippen LogP contribution in [0.25, 0.3) is 11.1 Å². The van der Waals surface area contributed by atoms with Crippen molar-refractivity contribution in [2.24, 2.45) is 11.8 Å². The fourth-order valence-corrected chi connectivity index (χ4v) is 5.30. The van der Waals surface area contributed by atoms with Crippen molar-refractivity contribution < 1.29 is 0 Å². The van der Waals surface area contributed by atoms with E-state index in [1.54, 1.807) is 0 Å². The van der Waals surface area contributed by atoms with E-state index in [1.165, 1.54) is 34.2 Å². The minimum atomic E-state index is -0.0300. The largest absolute Gasteiger partial charge is 0.0998 e. The molecule has 1 fully saturated rings. The summed E-state index contributed by atoms with van der Waals surface area (Å²) in [5.41, 5.74) is 6.63. The average Bonchev–Trinajstić information content (AvgIpc) is 2.78. The highest BCUT2D eigenvalue weighted by molar-refractivity contribution is 6.42. The maximum Gasteiger partial charge on any atom is 0.0598 e. The molecule has 124 valence electrons. The summed E-state index contributed by atoms with van der Waals surface area (Å²) < 4.78 is 0. The minimum Gasteiger partial charge on any atom is -0.0998 e. The van der Waals surface area contributed by atoms with Gasteiger partial charge < -0.3 is 0 Å². The van der Waals surface area contributed by atoms with Gasteiger partial charge in [0.25, 0.3) is 0 Å². The molecular formula is C22H22Cl2. The molecule has 0 heterocycles. The smallest absolute Gasteiger partial charge is 0.0598 e. The van der Waals surface area contributed by atoms with Crippen molar-refractivity contribution in [2.75, 3.05) is 0 Å². The quantitative estimate of drug-likeness (QED) is 0.471. The second-order valence-electron chi connectivity index (χ2n) is 7.76. The molecule has 0 nitrogen and oxygen atoms in total. The van der Waals surface area contributed by atoms with Crippen LogP contribution in [0.4, 0.5) is 0 Å². The van der Waals surface area contributed by atoms with Crippen molar-refractivity contribution in [1.29, 1.82) is 0 Å². The van der Waals surface area contributed by atoms with Crippen molar-refractivity contribution in [3.63, 3.8) is 0 Å². The normalized spacial score (nSPS) is 28.6. The zero-order chi connectivity index (χ0) is 17.1. The first kappa shape index (κ1) is 16.2. The molecular weight excluding hydrogens is 335 g/mol. The van der Waals surface area contributed by atoms with E-state index in [0.29, 0.717) is 21.9 Å². The molecule has 0 aliphatic heterocycles. The van der Waals surface area contributed by atoms with Gasteiger partial charge in [-0.3, -0.25) is 0 Å². The van der Waals surface area contributed by atoms with Gasteiger partial charge in [0.2, 0.25) is 0 Å². The van der Waals surface area contributed by atoms with Crippen molar-refractivity contribution in [1.82, 2.24) is 0 Å². The van der Waals surface area contributed by atoms with E-state index in [-0.39, 0.29) is 5.41 Å². The molecule has 4 rings (SSSR count). The highest BCUT2D eigenvalue weighted by Crippen LogP contribution is 2.57. The summed E-state index contributed by atoms with van der Waals surface area (Å²) in [6.45, 7) is 9.05. The Morgan fingerprint density at radius 3 is 2.46 bits per heavy atom. The third kappa shape index (κ3) is 2.27. The summed E-state index contributed by atoms with van der Waals surface area (Å²) in [5.74, 6) is 1.24. The fourth-order valence-electron chi connectivity index (χ4n) is 4.97. The fraction of sp³-hybridized carbons (Fsp3) is 0.364. The molecule has 1 saturated carbocycles. The maximum atomic E-state index is 6.41. The monoisotopic (exact) mass is 356 g/mol. The standard InChI is InChI=1S/C22H22Cl2/c1-13-8-14(2)10-15(9-13)22(3)18-7-5-4-6-16(18)17-11-20(23)21(24)12-19(17)22/h4-7,11-12,14-15H,1,8-10H2,2-3H3. The Morgan fingerprint density at radius 1 is 1.00 bits per heavy atom. The zero-order valence-electron chi connectivity index (χ0n) is 14.2. The first-order valence-corrected chi connectivity index (χ1v) is 9.43. The van der Waals surface area contributed by atoms with E-state index in [9.17, 15) is 0 Å². The number of hydrogen-bond donors (Lipinski definition) is 0. The van der Waals surface area contributed by atoms with E-state index in [0.717, 1.165) is 12.8 Å². The van der Waals surface area contributed by atoms with E-state index in [4.69, 9.17) is 23.2 Å². The third-order valence-corrected chi connectivity index (χ3v) is 6.79. The van der Waals surface area contributed by atoms with Crippen LogP contribution in [0.3, 0.4) is 0 Å². The van der Waals surface area contributed by atoms with Gasteiger partial charge in [-0.25, -0.2) is 0 Å². The molecule has 2 aliphatic carbocycles. The van der Waals surface area contributed by atoms with E-state index < -0.39 is 0 Å². The molecule has 0 amide bonds. The van der Waals surface area contributed by atoms with E-state index >= 15 is 0 Å².